The van der Waals surface area contributed by atoms with Crippen molar-refractivity contribution in [3.63, 3.8) is 0 Å². The van der Waals surface area contributed by atoms with Gasteiger partial charge in [-0.05, 0) is 60.6 Å². The van der Waals surface area contributed by atoms with Gasteiger partial charge in [-0.15, -0.1) is 0 Å². The molecule has 6 heteroatoms. The fourth-order valence-electron chi connectivity index (χ4n) is 4.20. The van der Waals surface area contributed by atoms with Crippen LogP contribution in [0.1, 0.15) is 34.7 Å². The largest absolute Gasteiger partial charge is 0.459 e. The fourth-order valence-corrected chi connectivity index (χ4v) is 4.68. The maximum absolute atomic E-state index is 6.43. The summed E-state index contributed by atoms with van der Waals surface area (Å²) >= 11 is 12.1. The van der Waals surface area contributed by atoms with E-state index in [1.54, 1.807) is 6.20 Å². The minimum atomic E-state index is -0.133. The highest BCUT2D eigenvalue weighted by Gasteiger charge is 2.41. The van der Waals surface area contributed by atoms with Gasteiger partial charge < -0.3 is 14.6 Å². The summed E-state index contributed by atoms with van der Waals surface area (Å²) in [6.45, 7) is 2.68. The van der Waals surface area contributed by atoms with Crippen molar-refractivity contribution in [2.24, 2.45) is 0 Å². The van der Waals surface area contributed by atoms with Gasteiger partial charge in [0.2, 0.25) is 0 Å². The Morgan fingerprint density at radius 2 is 1.81 bits per heavy atom. The number of benzene rings is 2. The molecule has 3 heterocycles. The highest BCUT2D eigenvalue weighted by atomic mass is 35.5. The summed E-state index contributed by atoms with van der Waals surface area (Å²) in [5, 5.41) is 4.88. The first kappa shape index (κ1) is 20.7. The van der Waals surface area contributed by atoms with Crippen molar-refractivity contribution in [2.45, 2.75) is 25.6 Å². The lowest BCUT2D eigenvalue weighted by molar-refractivity contribution is 0.269. The van der Waals surface area contributed by atoms with Gasteiger partial charge in [0.15, 0.2) is 5.11 Å². The van der Waals surface area contributed by atoms with E-state index in [-0.39, 0.29) is 12.1 Å². The molecule has 160 valence electrons. The van der Waals surface area contributed by atoms with Gasteiger partial charge in [-0.2, -0.15) is 0 Å². The van der Waals surface area contributed by atoms with Gasteiger partial charge in [-0.1, -0.05) is 60.1 Å². The molecule has 1 N–H and O–H groups in total. The normalized spacial score (nSPS) is 18.1. The third kappa shape index (κ3) is 3.90. The van der Waals surface area contributed by atoms with E-state index >= 15 is 0 Å². The predicted octanol–water partition coefficient (Wildman–Crippen LogP) is 6.48. The first-order chi connectivity index (χ1) is 15.6. The van der Waals surface area contributed by atoms with Crippen LogP contribution in [0.3, 0.4) is 0 Å². The summed E-state index contributed by atoms with van der Waals surface area (Å²) in [4.78, 5) is 6.77. The van der Waals surface area contributed by atoms with Crippen molar-refractivity contribution in [1.82, 2.24) is 15.2 Å². The van der Waals surface area contributed by atoms with Crippen LogP contribution in [-0.4, -0.2) is 15.0 Å². The Kier molecular flexibility index (Phi) is 5.68. The average Bonchev–Trinajstić information content (AvgIpc) is 3.42. The third-order valence-corrected chi connectivity index (χ3v) is 6.61. The molecule has 2 aromatic heterocycles. The van der Waals surface area contributed by atoms with Crippen LogP contribution in [-0.2, 0) is 6.54 Å². The van der Waals surface area contributed by atoms with E-state index in [0.717, 1.165) is 33.4 Å². The number of furan rings is 1. The molecular weight excluding hydrogens is 438 g/mol. The second kappa shape index (κ2) is 8.77. The maximum Gasteiger partial charge on any atom is 0.170 e. The van der Waals surface area contributed by atoms with Crippen molar-refractivity contribution >= 4 is 28.9 Å². The van der Waals surface area contributed by atoms with Gasteiger partial charge in [0, 0.05) is 23.3 Å². The summed E-state index contributed by atoms with van der Waals surface area (Å²) in [7, 11) is 0. The van der Waals surface area contributed by atoms with Gasteiger partial charge >= 0.3 is 0 Å². The van der Waals surface area contributed by atoms with Crippen LogP contribution in [0.4, 0.5) is 0 Å². The molecule has 0 saturated carbocycles. The standard InChI is InChI=1S/C26H22ClN3OS/c1-17-19(10-7-11-20(17)27)22-13-14-23(31-22)25-24(21-12-5-6-15-28-21)29-26(32)30(25)16-18-8-3-2-4-9-18/h2-15,24-25H,16H2,1H3,(H,29,32)/t24-,25-/m0/s1. The van der Waals surface area contributed by atoms with E-state index < -0.39 is 0 Å². The van der Waals surface area contributed by atoms with Crippen molar-refractivity contribution in [1.29, 1.82) is 0 Å². The monoisotopic (exact) mass is 459 g/mol. The Morgan fingerprint density at radius 1 is 1.00 bits per heavy atom. The number of thiocarbonyl (C=S) groups is 1. The molecule has 0 spiro atoms. The number of aromatic nitrogens is 1. The molecule has 1 saturated heterocycles. The summed E-state index contributed by atoms with van der Waals surface area (Å²) in [5.74, 6) is 1.62. The van der Waals surface area contributed by atoms with E-state index in [0.29, 0.717) is 11.7 Å². The van der Waals surface area contributed by atoms with Crippen molar-refractivity contribution < 1.29 is 4.42 Å². The molecule has 1 aliphatic rings. The zero-order valence-corrected chi connectivity index (χ0v) is 19.1. The summed E-state index contributed by atoms with van der Waals surface area (Å²) in [6, 6.07) is 25.9. The molecule has 1 aliphatic heterocycles. The van der Waals surface area contributed by atoms with Crippen molar-refractivity contribution in [3.8, 4) is 11.3 Å². The SMILES string of the molecule is Cc1c(Cl)cccc1-c1ccc([C@H]2[C@H](c3ccccn3)NC(=S)N2Cc2ccccc2)o1. The van der Waals surface area contributed by atoms with E-state index in [9.17, 15) is 0 Å². The molecule has 0 aliphatic carbocycles. The molecule has 1 fully saturated rings. The molecule has 32 heavy (non-hydrogen) atoms. The summed E-state index contributed by atoms with van der Waals surface area (Å²) in [5.41, 5.74) is 4.09. The van der Waals surface area contributed by atoms with Crippen LogP contribution in [0, 0.1) is 6.92 Å². The number of hydrogen-bond acceptors (Lipinski definition) is 3. The molecule has 4 aromatic rings. The topological polar surface area (TPSA) is 41.3 Å². The van der Waals surface area contributed by atoms with Gasteiger partial charge in [-0.25, -0.2) is 0 Å². The lowest BCUT2D eigenvalue weighted by atomic mass is 10.0. The van der Waals surface area contributed by atoms with Gasteiger partial charge in [0.05, 0.1) is 11.7 Å². The molecule has 5 rings (SSSR count). The number of nitrogens with zero attached hydrogens (tertiary/aromatic N) is 2. The van der Waals surface area contributed by atoms with Crippen LogP contribution in [0.2, 0.25) is 5.02 Å². The van der Waals surface area contributed by atoms with Crippen LogP contribution in [0.5, 0.6) is 0 Å². The Labute approximate surface area is 197 Å². The first-order valence-electron chi connectivity index (χ1n) is 10.5. The molecule has 0 unspecified atom stereocenters. The predicted molar refractivity (Wildman–Crippen MR) is 131 cm³/mol. The zero-order valence-electron chi connectivity index (χ0n) is 17.5. The average molecular weight is 460 g/mol. The minimum Gasteiger partial charge on any atom is -0.459 e. The number of hydrogen-bond donors (Lipinski definition) is 1. The third-order valence-electron chi connectivity index (χ3n) is 5.84. The van der Waals surface area contributed by atoms with Crippen LogP contribution >= 0.6 is 23.8 Å². The second-order valence-corrected chi connectivity index (χ2v) is 8.65. The smallest absolute Gasteiger partial charge is 0.170 e. The van der Waals surface area contributed by atoms with E-state index in [1.165, 1.54) is 5.56 Å². The second-order valence-electron chi connectivity index (χ2n) is 7.85. The maximum atomic E-state index is 6.43. The Bertz CT molecular complexity index is 1240. The number of nitrogens with one attached hydrogen (secondary N) is 1. The highest BCUT2D eigenvalue weighted by Crippen LogP contribution is 2.41. The number of halogens is 1. The summed E-state index contributed by atoms with van der Waals surface area (Å²) in [6.07, 6.45) is 1.81. The van der Waals surface area contributed by atoms with Crippen LogP contribution in [0.25, 0.3) is 11.3 Å². The van der Waals surface area contributed by atoms with Crippen LogP contribution < -0.4 is 5.32 Å². The minimum absolute atomic E-state index is 0.119. The number of rotatable bonds is 5. The molecule has 0 amide bonds. The van der Waals surface area contributed by atoms with Crippen molar-refractivity contribution in [3.05, 3.63) is 113 Å². The quantitative estimate of drug-likeness (QED) is 0.346. The Hall–Kier alpha value is -3.15. The van der Waals surface area contributed by atoms with Gasteiger partial charge in [-0.3, -0.25) is 4.98 Å². The lowest BCUT2D eigenvalue weighted by Crippen LogP contribution is -2.29. The molecule has 2 atom stereocenters. The molecule has 2 aromatic carbocycles. The van der Waals surface area contributed by atoms with E-state index in [1.807, 2.05) is 73.7 Å². The van der Waals surface area contributed by atoms with Gasteiger partial charge in [0.25, 0.3) is 0 Å². The lowest BCUT2D eigenvalue weighted by Gasteiger charge is -2.26. The van der Waals surface area contributed by atoms with E-state index in [2.05, 4.69) is 27.3 Å². The number of pyridine rings is 1. The van der Waals surface area contributed by atoms with Gasteiger partial charge in [0.1, 0.15) is 17.6 Å². The first-order valence-corrected chi connectivity index (χ1v) is 11.3. The molecule has 4 nitrogen and oxygen atoms in total. The Balaban J connectivity index is 1.56. The Morgan fingerprint density at radius 3 is 2.59 bits per heavy atom. The molecule has 0 bridgehead atoms. The zero-order chi connectivity index (χ0) is 22.1. The molecule has 0 radical (unpaired) electrons. The van der Waals surface area contributed by atoms with E-state index in [4.69, 9.17) is 28.2 Å². The summed E-state index contributed by atoms with van der Waals surface area (Å²) < 4.78 is 6.43. The molecular formula is C26H22ClN3OS. The van der Waals surface area contributed by atoms with Crippen LogP contribution in [0.15, 0.2) is 89.5 Å². The highest BCUT2D eigenvalue weighted by molar-refractivity contribution is 7.80. The van der Waals surface area contributed by atoms with Crippen molar-refractivity contribution in [2.75, 3.05) is 0 Å². The fraction of sp³-hybridized carbons (Fsp3) is 0.154.